The first-order chi connectivity index (χ1) is 41.8. The van der Waals surface area contributed by atoms with Crippen molar-refractivity contribution < 1.29 is 9.47 Å². The van der Waals surface area contributed by atoms with Crippen LogP contribution in [0.5, 0.6) is 11.5 Å². The predicted molar refractivity (Wildman–Crippen MR) is 341 cm³/mol. The van der Waals surface area contributed by atoms with Gasteiger partial charge in [-0.3, -0.25) is 9.59 Å². The molecule has 86 heavy (non-hydrogen) atoms. The third kappa shape index (κ3) is 14.8. The van der Waals surface area contributed by atoms with Crippen molar-refractivity contribution in [3.8, 4) is 80.5 Å². The van der Waals surface area contributed by atoms with Gasteiger partial charge in [0.1, 0.15) is 57.2 Å². The first-order valence-electron chi connectivity index (χ1n) is 29.8. The van der Waals surface area contributed by atoms with Gasteiger partial charge in [0.05, 0.1) is 31.0 Å². The minimum atomic E-state index is -0.294. The lowest BCUT2D eigenvalue weighted by atomic mass is 9.93. The highest BCUT2D eigenvalue weighted by atomic mass is 35.5. The fraction of sp³-hybridized carbons (Fsp3) is 0.333. The minimum absolute atomic E-state index is 0.173. The van der Waals surface area contributed by atoms with Crippen LogP contribution in [0.2, 0.25) is 10.3 Å². The third-order valence-corrected chi connectivity index (χ3v) is 17.8. The molecule has 0 amide bonds. The Bertz CT molecular complexity index is 3960. The van der Waals surface area contributed by atoms with Crippen molar-refractivity contribution in [2.24, 2.45) is 0 Å². The highest BCUT2D eigenvalue weighted by Gasteiger charge is 2.26. The van der Waals surface area contributed by atoms with E-state index < -0.39 is 0 Å². The number of hydrogen-bond acceptors (Lipinski definition) is 10. The van der Waals surface area contributed by atoms with Crippen molar-refractivity contribution >= 4 is 23.2 Å². The number of nitrogens with one attached hydrogen (secondary N) is 2. The summed E-state index contributed by atoms with van der Waals surface area (Å²) in [5.74, 6) is 3.21. The Morgan fingerprint density at radius 3 is 1.33 bits per heavy atom. The molecule has 0 atom stereocenters. The number of ether oxygens (including phenoxy) is 2. The fourth-order valence-electron chi connectivity index (χ4n) is 12.4. The molecule has 0 radical (unpaired) electrons. The first-order valence-corrected chi connectivity index (χ1v) is 30.6. The van der Waals surface area contributed by atoms with Crippen molar-refractivity contribution in [2.75, 3.05) is 14.2 Å². The summed E-state index contributed by atoms with van der Waals surface area (Å²) in [5, 5.41) is 38.0. The number of nitrogens with zero attached hydrogens (tertiary/aromatic N) is 6. The normalized spacial score (nSPS) is 14.9. The van der Waals surface area contributed by atoms with E-state index in [0.29, 0.717) is 50.7 Å². The summed E-state index contributed by atoms with van der Waals surface area (Å²) >= 11 is 12.5. The van der Waals surface area contributed by atoms with Gasteiger partial charge in [-0.05, 0) is 159 Å². The molecule has 0 spiro atoms. The lowest BCUT2D eigenvalue weighted by molar-refractivity contribution is 0.415. The smallest absolute Gasteiger partial charge is 0.266 e. The Labute approximate surface area is 514 Å². The molecule has 8 aromatic rings. The quantitative estimate of drug-likeness (QED) is 0.124. The molecule has 14 heteroatoms. The van der Waals surface area contributed by atoms with Gasteiger partial charge >= 0.3 is 0 Å². The molecule has 4 fully saturated rings. The average molecular weight is 1180 g/mol. The lowest BCUT2D eigenvalue weighted by Crippen LogP contribution is -2.15. The Morgan fingerprint density at radius 2 is 0.849 bits per heavy atom. The number of H-pyrrole nitrogens is 2. The molecular formula is C72H70Cl2N8O4. The molecule has 4 aromatic heterocycles. The Morgan fingerprint density at radius 1 is 0.442 bits per heavy atom. The summed E-state index contributed by atoms with van der Waals surface area (Å²) in [5.41, 5.74) is 14.3. The van der Waals surface area contributed by atoms with Crippen LogP contribution in [-0.4, -0.2) is 34.2 Å². The van der Waals surface area contributed by atoms with E-state index >= 15 is 0 Å². The van der Waals surface area contributed by atoms with Crippen molar-refractivity contribution in [1.29, 1.82) is 21.0 Å². The molecule has 0 aliphatic heterocycles. The zero-order chi connectivity index (χ0) is 60.7. The molecule has 4 saturated carbocycles. The summed E-state index contributed by atoms with van der Waals surface area (Å²) in [6.07, 6.45) is 18.6. The van der Waals surface area contributed by atoms with Gasteiger partial charge in [0, 0.05) is 39.7 Å². The fourth-order valence-corrected chi connectivity index (χ4v) is 12.9. The van der Waals surface area contributed by atoms with E-state index in [1.165, 1.54) is 62.5 Å². The number of benzene rings is 4. The Kier molecular flexibility index (Phi) is 21.1. The molecule has 0 saturated heterocycles. The molecule has 2 N–H and O–H groups in total. The molecule has 12 rings (SSSR count). The number of aromatic nitrogens is 4. The van der Waals surface area contributed by atoms with E-state index in [2.05, 4.69) is 75.4 Å². The molecule has 4 heterocycles. The van der Waals surface area contributed by atoms with Crippen molar-refractivity contribution in [3.05, 3.63) is 208 Å². The van der Waals surface area contributed by atoms with E-state index in [-0.39, 0.29) is 22.2 Å². The summed E-state index contributed by atoms with van der Waals surface area (Å²) in [6.45, 7) is 4.10. The largest absolute Gasteiger partial charge is 0.497 e. The highest BCUT2D eigenvalue weighted by molar-refractivity contribution is 6.31. The molecule has 4 aliphatic rings. The van der Waals surface area contributed by atoms with E-state index in [9.17, 15) is 30.6 Å². The number of rotatable bonds is 10. The molecule has 436 valence electrons. The number of aromatic amines is 2. The van der Waals surface area contributed by atoms with Gasteiger partial charge in [-0.25, -0.2) is 9.97 Å². The zero-order valence-corrected chi connectivity index (χ0v) is 50.8. The maximum atomic E-state index is 12.2. The maximum absolute atomic E-state index is 12.2. The molecule has 0 unspecified atom stereocenters. The highest BCUT2D eigenvalue weighted by Crippen LogP contribution is 2.41. The van der Waals surface area contributed by atoms with Gasteiger partial charge in [0.15, 0.2) is 0 Å². The second-order valence-corrected chi connectivity index (χ2v) is 23.5. The van der Waals surface area contributed by atoms with Crippen molar-refractivity contribution in [1.82, 2.24) is 19.9 Å². The number of hydrogen-bond donors (Lipinski definition) is 2. The number of pyridine rings is 4. The van der Waals surface area contributed by atoms with Crippen LogP contribution >= 0.6 is 23.2 Å². The molecule has 4 aliphatic carbocycles. The molecule has 12 nitrogen and oxygen atoms in total. The summed E-state index contributed by atoms with van der Waals surface area (Å²) in [7, 11) is 3.25. The van der Waals surface area contributed by atoms with Crippen molar-refractivity contribution in [3.63, 3.8) is 0 Å². The second-order valence-electron chi connectivity index (χ2n) is 22.8. The Balaban J connectivity index is 0.000000137. The second kappa shape index (κ2) is 29.3. The third-order valence-electron chi connectivity index (χ3n) is 17.2. The summed E-state index contributed by atoms with van der Waals surface area (Å²) < 4.78 is 10.3. The van der Waals surface area contributed by atoms with Crippen LogP contribution in [0.1, 0.15) is 182 Å². The first kappa shape index (κ1) is 61.8. The van der Waals surface area contributed by atoms with E-state index in [1.54, 1.807) is 14.2 Å². The van der Waals surface area contributed by atoms with Gasteiger partial charge in [0.25, 0.3) is 11.1 Å². The van der Waals surface area contributed by atoms with Crippen LogP contribution < -0.4 is 20.6 Å². The van der Waals surface area contributed by atoms with Gasteiger partial charge in [-0.1, -0.05) is 158 Å². The molecular weight excluding hydrogens is 1110 g/mol. The lowest BCUT2D eigenvalue weighted by Gasteiger charge is -2.14. The zero-order valence-electron chi connectivity index (χ0n) is 49.2. The van der Waals surface area contributed by atoms with Crippen molar-refractivity contribution in [2.45, 2.75) is 140 Å². The SMILES string of the molecule is COc1ccc(-c2cc(C3CCCC3)[nH]c(=O)c2C#N)cc1.COc1ccc(-c2cc(C3CCCC3)nc(Cl)c2C#N)cc1.Cc1ccc(-c2cc(C3CCCC3)c(C#N)c(=O)[nH]2)cc1.Cc1ccc(-c2cc(C3CCCC3)c(C#N)c(Cl)n2)cc1. The van der Waals surface area contributed by atoms with Crippen LogP contribution in [0.15, 0.2) is 131 Å². The van der Waals surface area contributed by atoms with E-state index in [1.807, 2.05) is 104 Å². The number of nitriles is 4. The number of methoxy groups -OCH3 is 2. The molecule has 4 aromatic carbocycles. The van der Waals surface area contributed by atoms with Crippen LogP contribution in [0.4, 0.5) is 0 Å². The minimum Gasteiger partial charge on any atom is -0.497 e. The van der Waals surface area contributed by atoms with Crippen LogP contribution in [0, 0.1) is 59.2 Å². The predicted octanol–water partition coefficient (Wildman–Crippen LogP) is 17.6. The van der Waals surface area contributed by atoms with Gasteiger partial charge < -0.3 is 19.4 Å². The molecule has 0 bridgehead atoms. The Hall–Kier alpha value is -8.78. The monoisotopic (exact) mass is 1180 g/mol. The van der Waals surface area contributed by atoms with Crippen LogP contribution in [0.25, 0.3) is 44.8 Å². The average Bonchev–Trinajstić information content (AvgIpc) is 3.23. The number of aryl methyl sites for hydroxylation is 2. The van der Waals surface area contributed by atoms with Gasteiger partial charge in [0.2, 0.25) is 0 Å². The van der Waals surface area contributed by atoms with Gasteiger partial charge in [-0.15, -0.1) is 0 Å². The number of halogens is 2. The summed E-state index contributed by atoms with van der Waals surface area (Å²) in [6, 6.07) is 48.0. The summed E-state index contributed by atoms with van der Waals surface area (Å²) in [4.78, 5) is 39.1. The standard InChI is InChI=1S/C18H17ClN2O.C18H17ClN2.C18H18N2O2.C18H18N2O/c1-22-14-8-6-12(7-9-14)15-10-17(13-4-2-3-5-13)21-18(19)16(15)11-20;1-12-6-8-14(9-7-12)17-10-15(13-4-2-3-5-13)16(11-20)18(19)21-17;1-22-14-8-6-12(7-9-14)15-10-17(13-4-2-3-5-13)20-18(21)16(15)11-19;1-12-6-8-14(9-7-12)17-10-15(13-4-2-3-5-13)16(11-19)18(21)20-17/h6-10,13H,2-5H2,1H3;6-10,13H,2-5H2,1H3;6-10,13H,2-5H2,1H3,(H,20,21);6-10,13H,2-5H2,1H3,(H,20,21). The van der Waals surface area contributed by atoms with Crippen LogP contribution in [0.3, 0.4) is 0 Å². The topological polar surface area (TPSA) is 205 Å². The van der Waals surface area contributed by atoms with Gasteiger partial charge in [-0.2, -0.15) is 21.0 Å². The van der Waals surface area contributed by atoms with Crippen LogP contribution in [-0.2, 0) is 0 Å². The van der Waals surface area contributed by atoms with E-state index in [4.69, 9.17) is 32.7 Å². The maximum Gasteiger partial charge on any atom is 0.266 e. The van der Waals surface area contributed by atoms with E-state index in [0.717, 1.165) is 125 Å².